The van der Waals surface area contributed by atoms with Crippen LogP contribution in [0.3, 0.4) is 0 Å². The number of amides is 1. The Morgan fingerprint density at radius 3 is 2.80 bits per heavy atom. The third-order valence-corrected chi connectivity index (χ3v) is 4.25. The van der Waals surface area contributed by atoms with E-state index < -0.39 is 17.2 Å². The van der Waals surface area contributed by atoms with Crippen molar-refractivity contribution in [2.75, 3.05) is 6.54 Å². The van der Waals surface area contributed by atoms with E-state index in [-0.39, 0.29) is 24.1 Å². The molecule has 0 unspecified atom stereocenters. The first-order chi connectivity index (χ1) is 12.0. The first kappa shape index (κ1) is 17.1. The van der Waals surface area contributed by atoms with Crippen LogP contribution in [0.15, 0.2) is 29.1 Å². The second-order valence-electron chi connectivity index (χ2n) is 5.99. The van der Waals surface area contributed by atoms with Gasteiger partial charge in [-0.3, -0.25) is 14.2 Å². The Morgan fingerprint density at radius 2 is 2.16 bits per heavy atom. The summed E-state index contributed by atoms with van der Waals surface area (Å²) in [6, 6.07) is 5.54. The number of hydrogen-bond acceptors (Lipinski definition) is 5. The molecule has 8 heteroatoms. The van der Waals surface area contributed by atoms with Gasteiger partial charge in [0.15, 0.2) is 5.69 Å². The second kappa shape index (κ2) is 7.02. The van der Waals surface area contributed by atoms with Crippen LogP contribution in [0.1, 0.15) is 40.8 Å². The van der Waals surface area contributed by atoms with Crippen LogP contribution in [0.4, 0.5) is 4.39 Å². The lowest BCUT2D eigenvalue weighted by molar-refractivity contribution is 0.0941. The summed E-state index contributed by atoms with van der Waals surface area (Å²) < 4.78 is 14.2. The first-order valence-electron chi connectivity index (χ1n) is 8.03. The van der Waals surface area contributed by atoms with Gasteiger partial charge >= 0.3 is 0 Å². The highest BCUT2D eigenvalue weighted by atomic mass is 19.1. The largest absolute Gasteiger partial charge is 0.501 e. The molecule has 1 saturated heterocycles. The lowest BCUT2D eigenvalue weighted by Crippen LogP contribution is -2.32. The number of carbonyl (C=O) groups is 1. The average molecular weight is 346 g/mol. The molecule has 7 nitrogen and oxygen atoms in total. The highest BCUT2D eigenvalue weighted by Gasteiger charge is 2.26. The molecule has 0 spiro atoms. The Balaban J connectivity index is 1.83. The lowest BCUT2D eigenvalue weighted by Gasteiger charge is -2.16. The molecular weight excluding hydrogens is 327 g/mol. The van der Waals surface area contributed by atoms with Crippen LogP contribution in [0.5, 0.6) is 5.75 Å². The maximum Gasteiger partial charge on any atom is 0.296 e. The molecule has 1 aliphatic rings. The third kappa shape index (κ3) is 3.53. The molecule has 3 rings (SSSR count). The summed E-state index contributed by atoms with van der Waals surface area (Å²) in [6.45, 7) is 0.944. The van der Waals surface area contributed by atoms with Crippen LogP contribution in [0, 0.1) is 5.82 Å². The summed E-state index contributed by atoms with van der Waals surface area (Å²) in [5.74, 6) is -1.28. The Morgan fingerprint density at radius 1 is 1.44 bits per heavy atom. The zero-order chi connectivity index (χ0) is 18.0. The van der Waals surface area contributed by atoms with Gasteiger partial charge < -0.3 is 15.7 Å². The molecule has 0 aliphatic carbocycles. The highest BCUT2D eigenvalue weighted by Crippen LogP contribution is 2.22. The molecule has 25 heavy (non-hydrogen) atoms. The van der Waals surface area contributed by atoms with Crippen molar-refractivity contribution in [3.8, 4) is 5.75 Å². The highest BCUT2D eigenvalue weighted by molar-refractivity contribution is 5.94. The topological polar surface area (TPSA) is 96.2 Å². The van der Waals surface area contributed by atoms with E-state index in [9.17, 15) is 19.1 Å². The molecule has 1 atom stereocenters. The summed E-state index contributed by atoms with van der Waals surface area (Å²) >= 11 is 0. The number of hydrogen-bond donors (Lipinski definition) is 3. The molecular formula is C17H19FN4O3. The van der Waals surface area contributed by atoms with E-state index in [1.807, 2.05) is 0 Å². The monoisotopic (exact) mass is 346 g/mol. The van der Waals surface area contributed by atoms with E-state index >= 15 is 0 Å². The molecule has 0 saturated carbocycles. The maximum absolute atomic E-state index is 12.9. The summed E-state index contributed by atoms with van der Waals surface area (Å²) in [5, 5.41) is 15.8. The van der Waals surface area contributed by atoms with Gasteiger partial charge in [-0.15, -0.1) is 0 Å². The van der Waals surface area contributed by atoms with Crippen LogP contribution >= 0.6 is 0 Å². The molecule has 2 aromatic rings. The summed E-state index contributed by atoms with van der Waals surface area (Å²) in [7, 11) is 1.52. The molecule has 2 heterocycles. The minimum absolute atomic E-state index is 0.123. The minimum atomic E-state index is -0.680. The van der Waals surface area contributed by atoms with Crippen molar-refractivity contribution in [1.82, 2.24) is 20.2 Å². The zero-order valence-corrected chi connectivity index (χ0v) is 13.8. The van der Waals surface area contributed by atoms with Crippen LogP contribution in [-0.4, -0.2) is 27.1 Å². The fourth-order valence-corrected chi connectivity index (χ4v) is 2.85. The number of aromatic hydroxyl groups is 1. The number of aromatic nitrogens is 2. The van der Waals surface area contributed by atoms with Gasteiger partial charge in [0.25, 0.3) is 11.5 Å². The molecule has 1 aliphatic heterocycles. The summed E-state index contributed by atoms with van der Waals surface area (Å²) in [6.07, 6.45) is 1.76. The van der Waals surface area contributed by atoms with Gasteiger partial charge in [-0.25, -0.2) is 9.37 Å². The van der Waals surface area contributed by atoms with E-state index in [0.29, 0.717) is 11.4 Å². The molecule has 1 aromatic carbocycles. The number of rotatable bonds is 4. The summed E-state index contributed by atoms with van der Waals surface area (Å²) in [4.78, 5) is 28.8. The van der Waals surface area contributed by atoms with Gasteiger partial charge in [-0.1, -0.05) is 12.1 Å². The van der Waals surface area contributed by atoms with E-state index in [1.165, 1.54) is 23.7 Å². The number of halogens is 1. The van der Waals surface area contributed by atoms with Gasteiger partial charge in [0.1, 0.15) is 11.6 Å². The third-order valence-electron chi connectivity index (χ3n) is 4.25. The summed E-state index contributed by atoms with van der Waals surface area (Å²) in [5.41, 5.74) is -0.268. The minimum Gasteiger partial charge on any atom is -0.501 e. The van der Waals surface area contributed by atoms with Gasteiger partial charge in [0, 0.05) is 13.6 Å². The standard InChI is InChI=1S/C17H19FN4O3/c1-22-15(12-3-2-8-19-12)21-13(14(23)17(22)25)16(24)20-9-10-4-6-11(18)7-5-10/h4-7,12,19,23H,2-3,8-9H2,1H3,(H,20,24)/t12-/m0/s1. The second-order valence-corrected chi connectivity index (χ2v) is 5.99. The Labute approximate surface area is 143 Å². The van der Waals surface area contributed by atoms with Crippen molar-refractivity contribution < 1.29 is 14.3 Å². The van der Waals surface area contributed by atoms with E-state index in [0.717, 1.165) is 19.4 Å². The molecule has 1 amide bonds. The van der Waals surface area contributed by atoms with Crippen molar-refractivity contribution in [2.45, 2.75) is 25.4 Å². The van der Waals surface area contributed by atoms with Crippen molar-refractivity contribution in [1.29, 1.82) is 0 Å². The van der Waals surface area contributed by atoms with Crippen LogP contribution < -0.4 is 16.2 Å². The smallest absolute Gasteiger partial charge is 0.296 e. The maximum atomic E-state index is 12.9. The molecule has 132 valence electrons. The Bertz CT molecular complexity index is 842. The van der Waals surface area contributed by atoms with Gasteiger partial charge in [0.05, 0.1) is 6.04 Å². The average Bonchev–Trinajstić information content (AvgIpc) is 3.13. The van der Waals surface area contributed by atoms with Crippen molar-refractivity contribution >= 4 is 5.91 Å². The normalized spacial score (nSPS) is 16.8. The van der Waals surface area contributed by atoms with Crippen LogP contribution in [0.2, 0.25) is 0 Å². The fraction of sp³-hybridized carbons (Fsp3) is 0.353. The molecule has 1 aromatic heterocycles. The van der Waals surface area contributed by atoms with Crippen molar-refractivity contribution in [3.05, 3.63) is 57.5 Å². The number of nitrogens with zero attached hydrogens (tertiary/aromatic N) is 2. The van der Waals surface area contributed by atoms with E-state index in [1.54, 1.807) is 12.1 Å². The fourth-order valence-electron chi connectivity index (χ4n) is 2.85. The SMILES string of the molecule is Cn1c([C@@H]2CCCN2)nc(C(=O)NCc2ccc(F)cc2)c(O)c1=O. The van der Waals surface area contributed by atoms with Crippen LogP contribution in [0.25, 0.3) is 0 Å². The van der Waals surface area contributed by atoms with Gasteiger partial charge in [-0.2, -0.15) is 0 Å². The zero-order valence-electron chi connectivity index (χ0n) is 13.8. The molecule has 0 radical (unpaired) electrons. The van der Waals surface area contributed by atoms with Crippen molar-refractivity contribution in [3.63, 3.8) is 0 Å². The van der Waals surface area contributed by atoms with Crippen LogP contribution in [-0.2, 0) is 13.6 Å². The number of benzene rings is 1. The van der Waals surface area contributed by atoms with E-state index in [4.69, 9.17) is 0 Å². The molecule has 1 fully saturated rings. The Kier molecular flexibility index (Phi) is 4.80. The van der Waals surface area contributed by atoms with Gasteiger partial charge in [0.2, 0.25) is 5.75 Å². The molecule has 0 bridgehead atoms. The first-order valence-corrected chi connectivity index (χ1v) is 8.03. The Hall–Kier alpha value is -2.74. The van der Waals surface area contributed by atoms with Crippen molar-refractivity contribution in [2.24, 2.45) is 7.05 Å². The molecule has 3 N–H and O–H groups in total. The number of nitrogens with one attached hydrogen (secondary N) is 2. The number of carbonyl (C=O) groups excluding carboxylic acids is 1. The predicted molar refractivity (Wildman–Crippen MR) is 88.7 cm³/mol. The van der Waals surface area contributed by atoms with Gasteiger partial charge in [-0.05, 0) is 37.1 Å². The van der Waals surface area contributed by atoms with E-state index in [2.05, 4.69) is 15.6 Å². The predicted octanol–water partition coefficient (Wildman–Crippen LogP) is 0.979. The lowest BCUT2D eigenvalue weighted by atomic mass is 10.2. The quantitative estimate of drug-likeness (QED) is 0.767.